The average molecular weight is 666 g/mol. The predicted molar refractivity (Wildman–Crippen MR) is 184 cm³/mol. The molecule has 4 atom stereocenters. The molecule has 1 heterocycles. The molecule has 0 fully saturated rings. The molecular weight excluding hydrogens is 618 g/mol. The Balaban J connectivity index is 1.93. The number of amides is 2. The second kappa shape index (κ2) is 17.3. The molecule has 254 valence electrons. The molecule has 0 bridgehead atoms. The monoisotopic (exact) mass is 665 g/mol. The average Bonchev–Trinajstić information content (AvgIpc) is 3.02. The normalized spacial score (nSPS) is 22.7. The van der Waals surface area contributed by atoms with Crippen LogP contribution in [0, 0.1) is 24.2 Å². The number of benzene rings is 2. The molecule has 0 aromatic heterocycles. The summed E-state index contributed by atoms with van der Waals surface area (Å²) in [6, 6.07) is 12.3. The van der Waals surface area contributed by atoms with E-state index in [1.807, 2.05) is 76.2 Å². The Bertz CT molecular complexity index is 1470. The maximum atomic E-state index is 13.5. The van der Waals surface area contributed by atoms with Gasteiger partial charge in [0.05, 0.1) is 5.41 Å². The van der Waals surface area contributed by atoms with Gasteiger partial charge in [0, 0.05) is 36.9 Å². The quantitative estimate of drug-likeness (QED) is 0.319. The molecule has 0 radical (unpaired) electrons. The van der Waals surface area contributed by atoms with E-state index >= 15 is 0 Å². The summed E-state index contributed by atoms with van der Waals surface area (Å²) in [5.41, 5.74) is 8.16. The summed E-state index contributed by atoms with van der Waals surface area (Å²) in [5, 5.41) is 6.12. The first-order valence-corrected chi connectivity index (χ1v) is 16.4. The van der Waals surface area contributed by atoms with Crippen molar-refractivity contribution in [1.82, 2.24) is 10.6 Å². The number of nitrogens with one attached hydrogen (secondary N) is 2. The van der Waals surface area contributed by atoms with Crippen molar-refractivity contribution in [3.05, 3.63) is 88.0 Å². The van der Waals surface area contributed by atoms with Crippen molar-refractivity contribution in [3.8, 4) is 0 Å². The van der Waals surface area contributed by atoms with Crippen molar-refractivity contribution in [3.63, 3.8) is 0 Å². The molecule has 0 spiro atoms. The Hall–Kier alpha value is -3.95. The summed E-state index contributed by atoms with van der Waals surface area (Å²) >= 11 is 6.32. The van der Waals surface area contributed by atoms with Gasteiger partial charge in [0.25, 0.3) is 0 Å². The van der Waals surface area contributed by atoms with Crippen LogP contribution in [0.25, 0.3) is 6.08 Å². The van der Waals surface area contributed by atoms with Crippen molar-refractivity contribution < 1.29 is 28.7 Å². The van der Waals surface area contributed by atoms with E-state index in [4.69, 9.17) is 26.8 Å². The molecule has 2 amide bonds. The lowest BCUT2D eigenvalue weighted by Gasteiger charge is -2.29. The minimum atomic E-state index is -1.18. The van der Waals surface area contributed by atoms with Gasteiger partial charge in [-0.2, -0.15) is 0 Å². The van der Waals surface area contributed by atoms with Crippen molar-refractivity contribution in [2.75, 3.05) is 6.54 Å². The summed E-state index contributed by atoms with van der Waals surface area (Å²) < 4.78 is 11.8. The number of ether oxygens (including phenoxy) is 2. The smallest absolute Gasteiger partial charge is 0.347 e. The van der Waals surface area contributed by atoms with E-state index in [0.29, 0.717) is 11.6 Å². The van der Waals surface area contributed by atoms with E-state index in [1.165, 1.54) is 6.08 Å². The minimum absolute atomic E-state index is 0.0284. The molecule has 47 heavy (non-hydrogen) atoms. The number of hydrogen-bond donors (Lipinski definition) is 3. The van der Waals surface area contributed by atoms with Gasteiger partial charge in [-0.3, -0.25) is 14.4 Å². The first kappa shape index (κ1) is 37.5. The van der Waals surface area contributed by atoms with Crippen molar-refractivity contribution >= 4 is 41.4 Å². The van der Waals surface area contributed by atoms with Crippen LogP contribution in [0.5, 0.6) is 0 Å². The standard InChI is InChI=1S/C37H48ClN3O6/c1-23(2)18-32-35(44)46-31(25(4)11-12-26-14-16-27(21-39)17-15-26)8-7-9-33(42)41-30(20-28-13-10-24(3)29(38)19-28)34(43)40-22-37(5,6)36(45)47-32/h7,9-17,19,23,25,30-32H,8,18,20-22,39H2,1-6H3,(H,40,43)(H,41,42)/b9-7+,12-11+/t25-,30-,31+,32+/m1/s1. The molecule has 0 saturated carbocycles. The molecule has 0 aliphatic carbocycles. The highest BCUT2D eigenvalue weighted by Crippen LogP contribution is 2.24. The maximum absolute atomic E-state index is 13.5. The number of carbonyl (C=O) groups is 4. The van der Waals surface area contributed by atoms with E-state index in [2.05, 4.69) is 10.6 Å². The van der Waals surface area contributed by atoms with Crippen LogP contribution in [0.2, 0.25) is 5.02 Å². The Morgan fingerprint density at radius 2 is 1.70 bits per heavy atom. The van der Waals surface area contributed by atoms with Gasteiger partial charge < -0.3 is 25.8 Å². The lowest BCUT2D eigenvalue weighted by atomic mass is 9.93. The molecule has 10 heteroatoms. The van der Waals surface area contributed by atoms with Gasteiger partial charge in [-0.25, -0.2) is 4.79 Å². The summed E-state index contributed by atoms with van der Waals surface area (Å²) in [6.07, 6.45) is 5.65. The highest BCUT2D eigenvalue weighted by atomic mass is 35.5. The van der Waals surface area contributed by atoms with Crippen LogP contribution in [0.15, 0.2) is 60.7 Å². The SMILES string of the molecule is Cc1ccc(C[C@H]2NC(=O)/C=C/C[C@@H]([C@H](C)/C=C/c3ccc(CN)cc3)OC(=O)[C@H](CC(C)C)OC(=O)C(C)(C)CNC2=O)cc1Cl. The number of carbonyl (C=O) groups excluding carboxylic acids is 4. The zero-order chi connectivity index (χ0) is 34.7. The molecule has 3 rings (SSSR count). The van der Waals surface area contributed by atoms with E-state index in [-0.39, 0.29) is 37.6 Å². The van der Waals surface area contributed by atoms with Gasteiger partial charge in [0.2, 0.25) is 11.8 Å². The number of cyclic esters (lactones) is 2. The second-order valence-corrected chi connectivity index (χ2v) is 13.7. The molecule has 2 aromatic carbocycles. The Kier molecular flexibility index (Phi) is 13.8. The van der Waals surface area contributed by atoms with E-state index in [0.717, 1.165) is 22.3 Å². The van der Waals surface area contributed by atoms with Crippen LogP contribution < -0.4 is 16.4 Å². The minimum Gasteiger partial charge on any atom is -0.459 e. The molecule has 0 saturated heterocycles. The van der Waals surface area contributed by atoms with E-state index in [1.54, 1.807) is 26.0 Å². The third-order valence-electron chi connectivity index (χ3n) is 8.06. The van der Waals surface area contributed by atoms with Crippen molar-refractivity contribution in [2.24, 2.45) is 23.0 Å². The maximum Gasteiger partial charge on any atom is 0.347 e. The number of aryl methyl sites for hydroxylation is 1. The van der Waals surface area contributed by atoms with Gasteiger partial charge in [-0.05, 0) is 67.5 Å². The predicted octanol–water partition coefficient (Wildman–Crippen LogP) is 5.46. The van der Waals surface area contributed by atoms with E-state index in [9.17, 15) is 19.2 Å². The number of rotatable bonds is 8. The molecular formula is C37H48ClN3O6. The Morgan fingerprint density at radius 1 is 1.02 bits per heavy atom. The zero-order valence-electron chi connectivity index (χ0n) is 28.2. The second-order valence-electron chi connectivity index (χ2n) is 13.3. The highest BCUT2D eigenvalue weighted by molar-refractivity contribution is 6.31. The zero-order valence-corrected chi connectivity index (χ0v) is 28.9. The van der Waals surface area contributed by atoms with Gasteiger partial charge >= 0.3 is 11.9 Å². The lowest BCUT2D eigenvalue weighted by molar-refractivity contribution is -0.178. The number of nitrogens with two attached hydrogens (primary N) is 1. The third kappa shape index (κ3) is 11.7. The van der Waals surface area contributed by atoms with Crippen LogP contribution >= 0.6 is 11.6 Å². The summed E-state index contributed by atoms with van der Waals surface area (Å²) in [6.45, 7) is 11.3. The first-order valence-electron chi connectivity index (χ1n) is 16.1. The summed E-state index contributed by atoms with van der Waals surface area (Å²) in [5.74, 6) is -2.50. The molecule has 0 unspecified atom stereocenters. The summed E-state index contributed by atoms with van der Waals surface area (Å²) in [4.78, 5) is 53.4. The highest BCUT2D eigenvalue weighted by Gasteiger charge is 2.37. The van der Waals surface area contributed by atoms with Crippen LogP contribution in [0.3, 0.4) is 0 Å². The van der Waals surface area contributed by atoms with Crippen LogP contribution in [-0.4, -0.2) is 48.5 Å². The number of esters is 2. The van der Waals surface area contributed by atoms with Crippen molar-refractivity contribution in [2.45, 2.75) is 85.6 Å². The third-order valence-corrected chi connectivity index (χ3v) is 8.47. The van der Waals surface area contributed by atoms with Crippen LogP contribution in [0.4, 0.5) is 0 Å². The fourth-order valence-corrected chi connectivity index (χ4v) is 5.10. The number of halogens is 1. The fraction of sp³-hybridized carbons (Fsp3) is 0.459. The lowest BCUT2D eigenvalue weighted by Crippen LogP contribution is -2.51. The van der Waals surface area contributed by atoms with Gasteiger partial charge in [0.1, 0.15) is 12.1 Å². The largest absolute Gasteiger partial charge is 0.459 e. The molecule has 2 aromatic rings. The molecule has 4 N–H and O–H groups in total. The van der Waals surface area contributed by atoms with Gasteiger partial charge in [0.15, 0.2) is 6.10 Å². The Labute approximate surface area is 283 Å². The molecule has 1 aliphatic rings. The fourth-order valence-electron chi connectivity index (χ4n) is 4.90. The molecule has 1 aliphatic heterocycles. The van der Waals surface area contributed by atoms with Gasteiger partial charge in [-0.1, -0.05) is 87.0 Å². The summed E-state index contributed by atoms with van der Waals surface area (Å²) in [7, 11) is 0. The van der Waals surface area contributed by atoms with Crippen molar-refractivity contribution in [1.29, 1.82) is 0 Å². The first-order chi connectivity index (χ1) is 22.2. The Morgan fingerprint density at radius 3 is 2.34 bits per heavy atom. The van der Waals surface area contributed by atoms with E-state index < -0.39 is 47.4 Å². The van der Waals surface area contributed by atoms with Crippen LogP contribution in [0.1, 0.15) is 69.7 Å². The van der Waals surface area contributed by atoms with Crippen LogP contribution in [-0.2, 0) is 41.6 Å². The van der Waals surface area contributed by atoms with Gasteiger partial charge in [-0.15, -0.1) is 0 Å². The number of hydrogen-bond acceptors (Lipinski definition) is 7. The topological polar surface area (TPSA) is 137 Å². The molecule has 9 nitrogen and oxygen atoms in total.